The summed E-state index contributed by atoms with van der Waals surface area (Å²) < 4.78 is 31.0. The van der Waals surface area contributed by atoms with Gasteiger partial charge in [-0.2, -0.15) is 0 Å². The molecule has 0 heterocycles. The van der Waals surface area contributed by atoms with Crippen LogP contribution in [-0.2, 0) is 42.8 Å². The Labute approximate surface area is 141 Å². The van der Waals surface area contributed by atoms with Crippen LogP contribution >= 0.6 is 0 Å². The summed E-state index contributed by atoms with van der Waals surface area (Å²) in [5, 5.41) is 0. The minimum absolute atomic E-state index is 0.0264. The molecule has 0 unspecified atom stereocenters. The number of hydrogen-bond acceptors (Lipinski definition) is 9. The van der Waals surface area contributed by atoms with Gasteiger partial charge >= 0.3 is 17.9 Å². The van der Waals surface area contributed by atoms with Crippen molar-refractivity contribution in [1.29, 1.82) is 0 Å². The van der Waals surface area contributed by atoms with E-state index < -0.39 is 42.3 Å². The molecule has 0 rings (SSSR count). The summed E-state index contributed by atoms with van der Waals surface area (Å²) in [7, 11) is 4.18. The van der Waals surface area contributed by atoms with Crippen molar-refractivity contribution < 1.29 is 42.8 Å². The van der Waals surface area contributed by atoms with Gasteiger partial charge in [-0.15, -0.1) is 0 Å². The Hall–Kier alpha value is -1.71. The lowest BCUT2D eigenvalue weighted by molar-refractivity contribution is -0.196. The first-order chi connectivity index (χ1) is 11.3. The van der Waals surface area contributed by atoms with Gasteiger partial charge in [-0.25, -0.2) is 0 Å². The molecule has 4 atom stereocenters. The van der Waals surface area contributed by atoms with Gasteiger partial charge in [0.25, 0.3) is 0 Å². The number of hydrogen-bond donors (Lipinski definition) is 0. The van der Waals surface area contributed by atoms with Crippen molar-refractivity contribution in [1.82, 2.24) is 0 Å². The fraction of sp³-hybridized carbons (Fsp3) is 0.800. The Balaban J connectivity index is 5.46. The van der Waals surface area contributed by atoms with E-state index in [1.54, 1.807) is 0 Å². The van der Waals surface area contributed by atoms with Crippen LogP contribution in [0.5, 0.6) is 0 Å². The average molecular weight is 350 g/mol. The topological polar surface area (TPSA) is 107 Å². The Kier molecular flexibility index (Phi) is 10.9. The lowest BCUT2D eigenvalue weighted by Gasteiger charge is -2.34. The van der Waals surface area contributed by atoms with E-state index >= 15 is 0 Å². The molecule has 0 spiro atoms. The van der Waals surface area contributed by atoms with E-state index in [-0.39, 0.29) is 13.2 Å². The second-order valence-corrected chi connectivity index (χ2v) is 4.95. The van der Waals surface area contributed by atoms with E-state index in [0.717, 1.165) is 0 Å². The van der Waals surface area contributed by atoms with Crippen LogP contribution in [-0.4, -0.2) is 76.9 Å². The normalized spacial score (nSPS) is 15.8. The summed E-state index contributed by atoms with van der Waals surface area (Å²) in [6, 6.07) is 0. The van der Waals surface area contributed by atoms with Gasteiger partial charge in [0.05, 0.1) is 6.61 Å². The zero-order valence-electron chi connectivity index (χ0n) is 14.9. The first kappa shape index (κ1) is 22.3. The van der Waals surface area contributed by atoms with Gasteiger partial charge in [0.1, 0.15) is 18.8 Å². The minimum Gasteiger partial charge on any atom is -0.463 e. The van der Waals surface area contributed by atoms with Crippen molar-refractivity contribution in [3.63, 3.8) is 0 Å². The van der Waals surface area contributed by atoms with E-state index in [9.17, 15) is 14.4 Å². The molecule has 9 nitrogen and oxygen atoms in total. The molecular weight excluding hydrogens is 324 g/mol. The first-order valence-electron chi connectivity index (χ1n) is 7.29. The molecular formula is C15H26O9. The third-order valence-corrected chi connectivity index (χ3v) is 3.03. The second kappa shape index (κ2) is 11.8. The Morgan fingerprint density at radius 2 is 1.29 bits per heavy atom. The van der Waals surface area contributed by atoms with Gasteiger partial charge in [-0.3, -0.25) is 14.4 Å². The van der Waals surface area contributed by atoms with Crippen LogP contribution in [0.2, 0.25) is 0 Å². The maximum atomic E-state index is 11.5. The molecule has 0 fully saturated rings. The fourth-order valence-corrected chi connectivity index (χ4v) is 2.11. The summed E-state index contributed by atoms with van der Waals surface area (Å²) in [6.45, 7) is 3.54. The molecule has 24 heavy (non-hydrogen) atoms. The van der Waals surface area contributed by atoms with E-state index in [1.807, 2.05) is 0 Å². The molecule has 0 bridgehead atoms. The summed E-state index contributed by atoms with van der Waals surface area (Å²) >= 11 is 0. The van der Waals surface area contributed by atoms with Crippen molar-refractivity contribution >= 4 is 17.9 Å². The van der Waals surface area contributed by atoms with Crippen LogP contribution in [0.1, 0.15) is 20.8 Å². The number of rotatable bonds is 11. The summed E-state index contributed by atoms with van der Waals surface area (Å²) in [6.07, 6.45) is -3.55. The van der Waals surface area contributed by atoms with Crippen LogP contribution < -0.4 is 0 Å². The molecule has 0 saturated carbocycles. The van der Waals surface area contributed by atoms with Gasteiger partial charge in [-0.1, -0.05) is 0 Å². The quantitative estimate of drug-likeness (QED) is 0.378. The molecule has 0 radical (unpaired) electrons. The molecule has 0 aromatic carbocycles. The smallest absolute Gasteiger partial charge is 0.303 e. The summed E-state index contributed by atoms with van der Waals surface area (Å²) in [4.78, 5) is 33.8. The predicted molar refractivity (Wildman–Crippen MR) is 81.2 cm³/mol. The zero-order valence-corrected chi connectivity index (χ0v) is 14.9. The van der Waals surface area contributed by atoms with Crippen LogP contribution in [0.25, 0.3) is 0 Å². The van der Waals surface area contributed by atoms with Crippen LogP contribution in [0, 0.1) is 0 Å². The fourth-order valence-electron chi connectivity index (χ4n) is 2.11. The second-order valence-electron chi connectivity index (χ2n) is 4.95. The Morgan fingerprint density at radius 3 is 1.67 bits per heavy atom. The monoisotopic (exact) mass is 350 g/mol. The van der Waals surface area contributed by atoms with Crippen molar-refractivity contribution in [2.45, 2.75) is 45.2 Å². The molecule has 0 aliphatic carbocycles. The van der Waals surface area contributed by atoms with E-state index in [0.29, 0.717) is 0 Å². The SMILES string of the molecule is COC[C@@H](OC(C)=O)[C@@H](OC(C)=O)[C@H](OC)[C@@H](COC(C)=O)OC. The molecule has 0 N–H and O–H groups in total. The van der Waals surface area contributed by atoms with E-state index in [4.69, 9.17) is 28.4 Å². The number of ether oxygens (including phenoxy) is 6. The highest BCUT2D eigenvalue weighted by Gasteiger charge is 2.40. The number of methoxy groups -OCH3 is 3. The molecule has 140 valence electrons. The first-order valence-corrected chi connectivity index (χ1v) is 7.29. The Morgan fingerprint density at radius 1 is 0.708 bits per heavy atom. The third-order valence-electron chi connectivity index (χ3n) is 3.03. The van der Waals surface area contributed by atoms with Gasteiger partial charge in [-0.05, 0) is 0 Å². The van der Waals surface area contributed by atoms with Crippen molar-refractivity contribution in [3.8, 4) is 0 Å². The minimum atomic E-state index is -1.02. The summed E-state index contributed by atoms with van der Waals surface area (Å²) in [5.74, 6) is -1.67. The molecule has 0 aliphatic rings. The number of carbonyl (C=O) groups is 3. The molecule has 0 aliphatic heterocycles. The standard InChI is InChI=1S/C15H26O9/c1-9(16)22-8-12(20-5)14(21-6)15(24-11(3)18)13(7-19-4)23-10(2)17/h12-15H,7-8H2,1-6H3/t12-,13-,14-,15-/m1/s1. The zero-order chi connectivity index (χ0) is 18.7. The third kappa shape index (κ3) is 8.23. The molecule has 0 saturated heterocycles. The maximum Gasteiger partial charge on any atom is 0.303 e. The predicted octanol–water partition coefficient (Wildman–Crippen LogP) is 0.0893. The van der Waals surface area contributed by atoms with Crippen molar-refractivity contribution in [3.05, 3.63) is 0 Å². The van der Waals surface area contributed by atoms with Gasteiger partial charge in [0.2, 0.25) is 0 Å². The average Bonchev–Trinajstić information content (AvgIpc) is 2.48. The molecule has 0 aromatic rings. The molecule has 9 heteroatoms. The van der Waals surface area contributed by atoms with Crippen LogP contribution in [0.4, 0.5) is 0 Å². The highest BCUT2D eigenvalue weighted by molar-refractivity contribution is 5.67. The van der Waals surface area contributed by atoms with Crippen LogP contribution in [0.3, 0.4) is 0 Å². The van der Waals surface area contributed by atoms with Crippen molar-refractivity contribution in [2.24, 2.45) is 0 Å². The lowest BCUT2D eigenvalue weighted by atomic mass is 10.0. The number of esters is 3. The molecule has 0 aromatic heterocycles. The molecule has 0 amide bonds. The largest absolute Gasteiger partial charge is 0.463 e. The van der Waals surface area contributed by atoms with Crippen molar-refractivity contribution in [2.75, 3.05) is 34.5 Å². The van der Waals surface area contributed by atoms with E-state index in [1.165, 1.54) is 42.1 Å². The maximum absolute atomic E-state index is 11.5. The van der Waals surface area contributed by atoms with Gasteiger partial charge in [0, 0.05) is 42.1 Å². The van der Waals surface area contributed by atoms with E-state index in [2.05, 4.69) is 0 Å². The van der Waals surface area contributed by atoms with Crippen LogP contribution in [0.15, 0.2) is 0 Å². The highest BCUT2D eigenvalue weighted by Crippen LogP contribution is 2.18. The number of carbonyl (C=O) groups excluding carboxylic acids is 3. The summed E-state index contributed by atoms with van der Waals surface area (Å²) in [5.41, 5.74) is 0. The lowest BCUT2D eigenvalue weighted by Crippen LogP contribution is -2.52. The van der Waals surface area contributed by atoms with Gasteiger partial charge in [0.15, 0.2) is 12.2 Å². The highest BCUT2D eigenvalue weighted by atomic mass is 16.6. The van der Waals surface area contributed by atoms with Gasteiger partial charge < -0.3 is 28.4 Å². The Bertz CT molecular complexity index is 410.